The summed E-state index contributed by atoms with van der Waals surface area (Å²) in [5.74, 6) is 0.0208. The highest BCUT2D eigenvalue weighted by molar-refractivity contribution is 5.96. The summed E-state index contributed by atoms with van der Waals surface area (Å²) in [4.78, 5) is 14.4. The lowest BCUT2D eigenvalue weighted by molar-refractivity contribution is -0.120. The van der Waals surface area contributed by atoms with Crippen molar-refractivity contribution in [2.45, 2.75) is 19.4 Å². The Balaban J connectivity index is 2.53. The van der Waals surface area contributed by atoms with Crippen molar-refractivity contribution in [3.63, 3.8) is 0 Å². The van der Waals surface area contributed by atoms with Crippen molar-refractivity contribution in [2.75, 3.05) is 0 Å². The van der Waals surface area contributed by atoms with E-state index in [0.717, 1.165) is 6.42 Å². The summed E-state index contributed by atoms with van der Waals surface area (Å²) in [6.45, 7) is 1.94. The van der Waals surface area contributed by atoms with Crippen LogP contribution in [0.15, 0.2) is 4.99 Å². The Morgan fingerprint density at radius 3 is 3.00 bits per heavy atom. The maximum atomic E-state index is 10.6. The molecule has 1 heterocycles. The molecule has 1 unspecified atom stereocenters. The van der Waals surface area contributed by atoms with Crippen molar-refractivity contribution in [1.82, 2.24) is 5.32 Å². The molecule has 0 saturated carbocycles. The standard InChI is InChI=1S/C5H8N2O/c1-2-4-5(8)7-3-6-4/h3-4H,2H2,1H3,(H,6,7,8). The zero-order valence-electron chi connectivity index (χ0n) is 4.72. The first-order chi connectivity index (χ1) is 3.84. The molecule has 1 atom stereocenters. The first kappa shape index (κ1) is 5.28. The molecular weight excluding hydrogens is 104 g/mol. The van der Waals surface area contributed by atoms with Gasteiger partial charge in [-0.3, -0.25) is 9.79 Å². The Kier molecular flexibility index (Phi) is 1.28. The normalized spacial score (nSPS) is 26.1. The van der Waals surface area contributed by atoms with Gasteiger partial charge in [-0.2, -0.15) is 0 Å². The molecule has 8 heavy (non-hydrogen) atoms. The number of amides is 1. The zero-order valence-corrected chi connectivity index (χ0v) is 4.72. The highest BCUT2D eigenvalue weighted by Gasteiger charge is 2.16. The van der Waals surface area contributed by atoms with Gasteiger partial charge in [0.15, 0.2) is 0 Å². The van der Waals surface area contributed by atoms with Crippen molar-refractivity contribution in [1.29, 1.82) is 0 Å². The number of nitrogens with zero attached hydrogens (tertiary/aromatic N) is 1. The molecule has 0 aromatic carbocycles. The molecule has 0 aliphatic carbocycles. The Bertz CT molecular complexity index is 130. The SMILES string of the molecule is CCC1N=CNC1=O. The van der Waals surface area contributed by atoms with Gasteiger partial charge in [0.25, 0.3) is 0 Å². The minimum Gasteiger partial charge on any atom is -0.315 e. The summed E-state index contributed by atoms with van der Waals surface area (Å²) in [5, 5.41) is 2.49. The second-order valence-corrected chi connectivity index (χ2v) is 1.71. The van der Waals surface area contributed by atoms with Crippen LogP contribution in [-0.4, -0.2) is 18.3 Å². The lowest BCUT2D eigenvalue weighted by Crippen LogP contribution is -2.23. The van der Waals surface area contributed by atoms with Gasteiger partial charge < -0.3 is 5.32 Å². The third kappa shape index (κ3) is 0.710. The molecule has 1 N–H and O–H groups in total. The van der Waals surface area contributed by atoms with Crippen LogP contribution in [0.3, 0.4) is 0 Å². The largest absolute Gasteiger partial charge is 0.315 e. The minimum absolute atomic E-state index is 0.0208. The Morgan fingerprint density at radius 2 is 2.75 bits per heavy atom. The highest BCUT2D eigenvalue weighted by atomic mass is 16.2. The minimum atomic E-state index is -0.116. The quantitative estimate of drug-likeness (QED) is 0.506. The monoisotopic (exact) mass is 112 g/mol. The van der Waals surface area contributed by atoms with Gasteiger partial charge >= 0.3 is 0 Å². The Morgan fingerprint density at radius 1 is 2.00 bits per heavy atom. The van der Waals surface area contributed by atoms with Gasteiger partial charge in [-0.25, -0.2) is 0 Å². The molecule has 3 heteroatoms. The predicted octanol–water partition coefficient (Wildman–Crippen LogP) is -0.0769. The van der Waals surface area contributed by atoms with E-state index in [9.17, 15) is 4.79 Å². The molecule has 44 valence electrons. The number of nitrogens with one attached hydrogen (secondary N) is 1. The van der Waals surface area contributed by atoms with E-state index in [1.807, 2.05) is 6.92 Å². The molecular formula is C5H8N2O. The maximum Gasteiger partial charge on any atom is 0.249 e. The summed E-state index contributed by atoms with van der Waals surface area (Å²) in [6, 6.07) is -0.116. The van der Waals surface area contributed by atoms with Gasteiger partial charge in [0, 0.05) is 0 Å². The highest BCUT2D eigenvalue weighted by Crippen LogP contribution is 1.98. The molecule has 0 aromatic rings. The third-order valence-corrected chi connectivity index (χ3v) is 1.15. The smallest absolute Gasteiger partial charge is 0.249 e. The second-order valence-electron chi connectivity index (χ2n) is 1.71. The van der Waals surface area contributed by atoms with Gasteiger partial charge in [-0.15, -0.1) is 0 Å². The fourth-order valence-electron chi connectivity index (χ4n) is 0.646. The fraction of sp³-hybridized carbons (Fsp3) is 0.600. The number of carbonyl (C=O) groups is 1. The number of rotatable bonds is 1. The average molecular weight is 112 g/mol. The van der Waals surface area contributed by atoms with Crippen molar-refractivity contribution < 1.29 is 4.79 Å². The Labute approximate surface area is 47.8 Å². The molecule has 3 nitrogen and oxygen atoms in total. The number of aliphatic imine (C=N–C) groups is 1. The van der Waals surface area contributed by atoms with E-state index in [2.05, 4.69) is 10.3 Å². The number of hydrogen-bond donors (Lipinski definition) is 1. The molecule has 1 amide bonds. The lowest BCUT2D eigenvalue weighted by Gasteiger charge is -1.95. The predicted molar refractivity (Wildman–Crippen MR) is 30.7 cm³/mol. The van der Waals surface area contributed by atoms with Crippen LogP contribution in [0.4, 0.5) is 0 Å². The van der Waals surface area contributed by atoms with E-state index >= 15 is 0 Å². The summed E-state index contributed by atoms with van der Waals surface area (Å²) in [6.07, 6.45) is 2.25. The molecule has 0 bridgehead atoms. The van der Waals surface area contributed by atoms with E-state index in [1.165, 1.54) is 6.34 Å². The first-order valence-electron chi connectivity index (χ1n) is 2.66. The van der Waals surface area contributed by atoms with E-state index in [1.54, 1.807) is 0 Å². The number of hydrogen-bond acceptors (Lipinski definition) is 2. The van der Waals surface area contributed by atoms with Crippen LogP contribution in [0.2, 0.25) is 0 Å². The third-order valence-electron chi connectivity index (χ3n) is 1.15. The molecule has 0 radical (unpaired) electrons. The van der Waals surface area contributed by atoms with Crippen LogP contribution >= 0.6 is 0 Å². The summed E-state index contributed by atoms with van der Waals surface area (Å²) >= 11 is 0. The topological polar surface area (TPSA) is 41.5 Å². The maximum absolute atomic E-state index is 10.6. The molecule has 1 aliphatic rings. The van der Waals surface area contributed by atoms with Crippen LogP contribution in [0.25, 0.3) is 0 Å². The van der Waals surface area contributed by atoms with E-state index < -0.39 is 0 Å². The fourth-order valence-corrected chi connectivity index (χ4v) is 0.646. The van der Waals surface area contributed by atoms with Crippen LogP contribution in [0.1, 0.15) is 13.3 Å². The molecule has 0 fully saturated rings. The Hall–Kier alpha value is -0.860. The zero-order chi connectivity index (χ0) is 5.98. The van der Waals surface area contributed by atoms with Gasteiger partial charge in [-0.05, 0) is 6.42 Å². The number of carbonyl (C=O) groups excluding carboxylic acids is 1. The summed E-state index contributed by atoms with van der Waals surface area (Å²) in [7, 11) is 0. The van der Waals surface area contributed by atoms with E-state index in [4.69, 9.17) is 0 Å². The second kappa shape index (κ2) is 1.94. The van der Waals surface area contributed by atoms with Crippen molar-refractivity contribution >= 4 is 12.2 Å². The summed E-state index contributed by atoms with van der Waals surface area (Å²) < 4.78 is 0. The molecule has 1 aliphatic heterocycles. The van der Waals surface area contributed by atoms with E-state index in [0.29, 0.717) is 0 Å². The average Bonchev–Trinajstić information content (AvgIpc) is 2.14. The van der Waals surface area contributed by atoms with Crippen molar-refractivity contribution in [3.8, 4) is 0 Å². The van der Waals surface area contributed by atoms with Crippen LogP contribution < -0.4 is 5.32 Å². The lowest BCUT2D eigenvalue weighted by atomic mass is 10.2. The van der Waals surface area contributed by atoms with Crippen molar-refractivity contribution in [3.05, 3.63) is 0 Å². The molecule has 1 rings (SSSR count). The van der Waals surface area contributed by atoms with Gasteiger partial charge in [0.2, 0.25) is 5.91 Å². The molecule has 0 spiro atoms. The van der Waals surface area contributed by atoms with Gasteiger partial charge in [-0.1, -0.05) is 6.92 Å². The molecule has 0 saturated heterocycles. The van der Waals surface area contributed by atoms with E-state index in [-0.39, 0.29) is 11.9 Å². The first-order valence-corrected chi connectivity index (χ1v) is 2.66. The van der Waals surface area contributed by atoms with Crippen molar-refractivity contribution in [2.24, 2.45) is 4.99 Å². The summed E-state index contributed by atoms with van der Waals surface area (Å²) in [5.41, 5.74) is 0. The van der Waals surface area contributed by atoms with Crippen LogP contribution in [-0.2, 0) is 4.79 Å². The van der Waals surface area contributed by atoms with Gasteiger partial charge in [0.05, 0.1) is 6.34 Å². The molecule has 0 aromatic heterocycles. The van der Waals surface area contributed by atoms with Gasteiger partial charge in [0.1, 0.15) is 6.04 Å². The van der Waals surface area contributed by atoms with Crippen LogP contribution in [0.5, 0.6) is 0 Å². The van der Waals surface area contributed by atoms with Crippen LogP contribution in [0, 0.1) is 0 Å².